The van der Waals surface area contributed by atoms with Gasteiger partial charge in [-0.15, -0.1) is 0 Å². The molecule has 5 heteroatoms. The summed E-state index contributed by atoms with van der Waals surface area (Å²) in [5, 5.41) is 3.19. The molecule has 16 heavy (non-hydrogen) atoms. The number of anilines is 1. The van der Waals surface area contributed by atoms with Crippen LogP contribution in [-0.4, -0.2) is 26.5 Å². The Bertz CT molecular complexity index is 443. The van der Waals surface area contributed by atoms with Gasteiger partial charge in [-0.25, -0.2) is 15.0 Å². The molecular weight excluding hydrogens is 202 g/mol. The largest absolute Gasteiger partial charge is 0.369 e. The fourth-order valence-corrected chi connectivity index (χ4v) is 1.27. The van der Waals surface area contributed by atoms with Crippen molar-refractivity contribution in [2.45, 2.75) is 13.3 Å². The average Bonchev–Trinajstić information content (AvgIpc) is 2.38. The van der Waals surface area contributed by atoms with Crippen molar-refractivity contribution >= 4 is 5.82 Å². The van der Waals surface area contributed by atoms with Crippen molar-refractivity contribution in [2.24, 2.45) is 0 Å². The van der Waals surface area contributed by atoms with Crippen molar-refractivity contribution in [3.05, 3.63) is 31.1 Å². The van der Waals surface area contributed by atoms with Crippen LogP contribution in [0.25, 0.3) is 11.3 Å². The molecule has 0 atom stereocenters. The summed E-state index contributed by atoms with van der Waals surface area (Å²) in [7, 11) is 0. The van der Waals surface area contributed by atoms with E-state index >= 15 is 0 Å². The van der Waals surface area contributed by atoms with Gasteiger partial charge in [-0.3, -0.25) is 4.98 Å². The molecule has 0 aliphatic carbocycles. The Hall–Kier alpha value is -2.04. The smallest absolute Gasteiger partial charge is 0.145 e. The summed E-state index contributed by atoms with van der Waals surface area (Å²) in [6, 6.07) is 0. The van der Waals surface area contributed by atoms with Gasteiger partial charge in [0.15, 0.2) is 0 Å². The molecule has 0 radical (unpaired) electrons. The molecule has 0 aliphatic rings. The van der Waals surface area contributed by atoms with E-state index in [-0.39, 0.29) is 0 Å². The summed E-state index contributed by atoms with van der Waals surface area (Å²) in [6.07, 6.45) is 9.41. The van der Waals surface area contributed by atoms with Crippen molar-refractivity contribution < 1.29 is 0 Å². The SMILES string of the molecule is CCCNc1cncc(-c2cncnc2)n1. The topological polar surface area (TPSA) is 63.6 Å². The Kier molecular flexibility index (Phi) is 3.38. The van der Waals surface area contributed by atoms with E-state index in [0.717, 1.165) is 30.0 Å². The van der Waals surface area contributed by atoms with E-state index < -0.39 is 0 Å². The molecule has 0 amide bonds. The van der Waals surface area contributed by atoms with Gasteiger partial charge in [0.25, 0.3) is 0 Å². The number of nitrogens with zero attached hydrogens (tertiary/aromatic N) is 4. The lowest BCUT2D eigenvalue weighted by Gasteiger charge is -2.04. The third kappa shape index (κ3) is 2.50. The van der Waals surface area contributed by atoms with Gasteiger partial charge in [-0.2, -0.15) is 0 Å². The minimum Gasteiger partial charge on any atom is -0.369 e. The Labute approximate surface area is 94.0 Å². The third-order valence-corrected chi connectivity index (χ3v) is 2.05. The molecule has 0 aliphatic heterocycles. The van der Waals surface area contributed by atoms with Crippen LogP contribution in [0.4, 0.5) is 5.82 Å². The van der Waals surface area contributed by atoms with Gasteiger partial charge in [0.05, 0.1) is 18.1 Å². The number of nitrogens with one attached hydrogen (secondary N) is 1. The maximum Gasteiger partial charge on any atom is 0.145 e. The molecule has 82 valence electrons. The maximum atomic E-state index is 4.43. The molecule has 2 heterocycles. The van der Waals surface area contributed by atoms with E-state index in [1.807, 2.05) is 0 Å². The Morgan fingerprint density at radius 1 is 1.06 bits per heavy atom. The minimum absolute atomic E-state index is 0.779. The van der Waals surface area contributed by atoms with Crippen molar-refractivity contribution in [1.82, 2.24) is 19.9 Å². The normalized spacial score (nSPS) is 10.1. The van der Waals surface area contributed by atoms with Crippen LogP contribution in [-0.2, 0) is 0 Å². The van der Waals surface area contributed by atoms with Gasteiger partial charge in [0.2, 0.25) is 0 Å². The highest BCUT2D eigenvalue weighted by Crippen LogP contribution is 2.14. The second-order valence-electron chi connectivity index (χ2n) is 3.34. The molecule has 0 fully saturated rings. The van der Waals surface area contributed by atoms with Gasteiger partial charge >= 0.3 is 0 Å². The first kappa shape index (κ1) is 10.5. The quantitative estimate of drug-likeness (QED) is 0.841. The summed E-state index contributed by atoms with van der Waals surface area (Å²) in [6.45, 7) is 3.00. The van der Waals surface area contributed by atoms with Crippen molar-refractivity contribution in [3.63, 3.8) is 0 Å². The van der Waals surface area contributed by atoms with Crippen LogP contribution in [0.1, 0.15) is 13.3 Å². The van der Waals surface area contributed by atoms with Crippen LogP contribution in [0.5, 0.6) is 0 Å². The van der Waals surface area contributed by atoms with Crippen LogP contribution in [0.3, 0.4) is 0 Å². The third-order valence-electron chi connectivity index (χ3n) is 2.05. The summed E-state index contributed by atoms with van der Waals surface area (Å²) in [5.74, 6) is 0.781. The molecule has 0 saturated heterocycles. The van der Waals surface area contributed by atoms with Crippen LogP contribution >= 0.6 is 0 Å². The van der Waals surface area contributed by atoms with E-state index in [1.165, 1.54) is 6.33 Å². The molecule has 0 spiro atoms. The van der Waals surface area contributed by atoms with Gasteiger partial charge in [0.1, 0.15) is 12.1 Å². The molecule has 0 bridgehead atoms. The average molecular weight is 215 g/mol. The Balaban J connectivity index is 2.22. The van der Waals surface area contributed by atoms with Crippen molar-refractivity contribution in [2.75, 3.05) is 11.9 Å². The standard InChI is InChI=1S/C11H13N5/c1-2-3-15-11-7-12-6-10(16-11)9-4-13-8-14-5-9/h4-8H,2-3H2,1H3,(H,15,16). The van der Waals surface area contributed by atoms with Gasteiger partial charge in [-0.05, 0) is 6.42 Å². The van der Waals surface area contributed by atoms with Crippen LogP contribution in [0.15, 0.2) is 31.1 Å². The first-order chi connectivity index (χ1) is 7.90. The highest BCUT2D eigenvalue weighted by atomic mass is 15.0. The summed E-state index contributed by atoms with van der Waals surface area (Å²) in [5.41, 5.74) is 1.65. The molecule has 2 aromatic heterocycles. The molecule has 2 rings (SSSR count). The second kappa shape index (κ2) is 5.16. The van der Waals surface area contributed by atoms with Gasteiger partial charge in [0, 0.05) is 24.5 Å². The zero-order valence-corrected chi connectivity index (χ0v) is 9.09. The maximum absolute atomic E-state index is 4.43. The van der Waals surface area contributed by atoms with Crippen LogP contribution in [0.2, 0.25) is 0 Å². The minimum atomic E-state index is 0.779. The lowest BCUT2D eigenvalue weighted by atomic mass is 10.2. The van der Waals surface area contributed by atoms with Crippen molar-refractivity contribution in [1.29, 1.82) is 0 Å². The molecule has 0 unspecified atom stereocenters. The predicted molar refractivity (Wildman–Crippen MR) is 61.8 cm³/mol. The monoisotopic (exact) mass is 215 g/mol. The molecule has 5 nitrogen and oxygen atoms in total. The molecule has 0 saturated carbocycles. The van der Waals surface area contributed by atoms with E-state index in [1.54, 1.807) is 24.8 Å². The molecule has 1 N–H and O–H groups in total. The van der Waals surface area contributed by atoms with E-state index in [9.17, 15) is 0 Å². The summed E-state index contributed by atoms with van der Waals surface area (Å²) >= 11 is 0. The fourth-order valence-electron chi connectivity index (χ4n) is 1.27. The first-order valence-corrected chi connectivity index (χ1v) is 5.21. The Morgan fingerprint density at radius 3 is 2.62 bits per heavy atom. The highest BCUT2D eigenvalue weighted by molar-refractivity contribution is 5.57. The van der Waals surface area contributed by atoms with Crippen molar-refractivity contribution in [3.8, 4) is 11.3 Å². The molecule has 0 aromatic carbocycles. The van der Waals surface area contributed by atoms with E-state index in [4.69, 9.17) is 0 Å². The number of hydrogen-bond acceptors (Lipinski definition) is 5. The lowest BCUT2D eigenvalue weighted by molar-refractivity contribution is 0.965. The van der Waals surface area contributed by atoms with E-state index in [2.05, 4.69) is 32.2 Å². The number of aromatic nitrogens is 4. The first-order valence-electron chi connectivity index (χ1n) is 5.21. The fraction of sp³-hybridized carbons (Fsp3) is 0.273. The van der Waals surface area contributed by atoms with Crippen LogP contribution in [0, 0.1) is 0 Å². The zero-order chi connectivity index (χ0) is 11.2. The zero-order valence-electron chi connectivity index (χ0n) is 9.09. The van der Waals surface area contributed by atoms with Gasteiger partial charge < -0.3 is 5.32 Å². The number of rotatable bonds is 4. The number of hydrogen-bond donors (Lipinski definition) is 1. The summed E-state index contributed by atoms with van der Waals surface area (Å²) < 4.78 is 0. The molecule has 2 aromatic rings. The molecular formula is C11H13N5. The second-order valence-corrected chi connectivity index (χ2v) is 3.34. The van der Waals surface area contributed by atoms with Crippen LogP contribution < -0.4 is 5.32 Å². The Morgan fingerprint density at radius 2 is 1.88 bits per heavy atom. The predicted octanol–water partition coefficient (Wildman–Crippen LogP) is 1.76. The summed E-state index contributed by atoms with van der Waals surface area (Å²) in [4.78, 5) is 16.5. The van der Waals surface area contributed by atoms with E-state index in [0.29, 0.717) is 0 Å². The lowest BCUT2D eigenvalue weighted by Crippen LogP contribution is -2.02. The highest BCUT2D eigenvalue weighted by Gasteiger charge is 2.01. The van der Waals surface area contributed by atoms with Gasteiger partial charge in [-0.1, -0.05) is 6.92 Å².